The van der Waals surface area contributed by atoms with Gasteiger partial charge < -0.3 is 5.11 Å². The molecule has 0 aromatic heterocycles. The molecule has 0 atom stereocenters. The number of carboxylic acids is 1. The third kappa shape index (κ3) is 4.84. The number of halogens is 3. The Morgan fingerprint density at radius 3 is 1.60 bits per heavy atom. The van der Waals surface area contributed by atoms with Crippen molar-refractivity contribution in [1.82, 2.24) is 0 Å². The number of carbonyl (C=O) groups is 1. The van der Waals surface area contributed by atoms with E-state index in [0.29, 0.717) is 24.0 Å². The van der Waals surface area contributed by atoms with Gasteiger partial charge in [0, 0.05) is 6.42 Å². The number of rotatable bonds is 8. The summed E-state index contributed by atoms with van der Waals surface area (Å²) in [5.74, 6) is -0.985. The molecule has 0 aliphatic heterocycles. The van der Waals surface area contributed by atoms with E-state index < -0.39 is 24.0 Å². The first-order chi connectivity index (χ1) is 11.9. The van der Waals surface area contributed by atoms with Gasteiger partial charge in [-0.1, -0.05) is 73.5 Å². The second-order valence-corrected chi connectivity index (χ2v) is 6.12. The van der Waals surface area contributed by atoms with Crippen LogP contribution in [0.2, 0.25) is 0 Å². The summed E-state index contributed by atoms with van der Waals surface area (Å²) in [5.41, 5.74) is 0.0369. The monoisotopic (exact) mass is 350 g/mol. The molecule has 0 fully saturated rings. The lowest BCUT2D eigenvalue weighted by atomic mass is 9.71. The Morgan fingerprint density at radius 2 is 1.20 bits per heavy atom. The van der Waals surface area contributed by atoms with Crippen molar-refractivity contribution in [3.8, 4) is 0 Å². The van der Waals surface area contributed by atoms with Gasteiger partial charge in [-0.15, -0.1) is 0 Å². The van der Waals surface area contributed by atoms with Crippen LogP contribution >= 0.6 is 0 Å². The number of benzene rings is 2. The third-order valence-electron chi connectivity index (χ3n) is 4.41. The van der Waals surface area contributed by atoms with Crippen LogP contribution in [-0.4, -0.2) is 17.3 Å². The largest absolute Gasteiger partial charge is 0.480 e. The molecule has 0 aliphatic carbocycles. The molecule has 0 spiro atoms. The fourth-order valence-corrected chi connectivity index (χ4v) is 3.15. The van der Waals surface area contributed by atoms with E-state index in [1.807, 2.05) is 12.1 Å². The molecule has 5 heteroatoms. The Morgan fingerprint density at radius 1 is 0.760 bits per heavy atom. The molecular weight excluding hydrogens is 329 g/mol. The Bertz CT molecular complexity index is 627. The Balaban J connectivity index is 2.25. The van der Waals surface area contributed by atoms with Crippen LogP contribution in [0.25, 0.3) is 0 Å². The summed E-state index contributed by atoms with van der Waals surface area (Å²) >= 11 is 0. The molecule has 2 aromatic rings. The molecule has 2 aromatic carbocycles. The first-order valence-electron chi connectivity index (χ1n) is 8.27. The molecule has 1 N–H and O–H groups in total. The fraction of sp³-hybridized carbons (Fsp3) is 0.350. The maximum absolute atomic E-state index is 12.3. The molecule has 0 aliphatic rings. The zero-order valence-electron chi connectivity index (χ0n) is 13.8. The zero-order valence-corrected chi connectivity index (χ0v) is 13.8. The van der Waals surface area contributed by atoms with Crippen molar-refractivity contribution in [3.63, 3.8) is 0 Å². The van der Waals surface area contributed by atoms with Crippen LogP contribution in [-0.2, 0) is 10.2 Å². The summed E-state index contributed by atoms with van der Waals surface area (Å²) in [6.07, 6.45) is -3.97. The van der Waals surface area contributed by atoms with Crippen molar-refractivity contribution in [2.45, 2.75) is 43.7 Å². The van der Waals surface area contributed by atoms with E-state index in [9.17, 15) is 23.1 Å². The van der Waals surface area contributed by atoms with Crippen LogP contribution in [0.15, 0.2) is 60.7 Å². The van der Waals surface area contributed by atoms with Gasteiger partial charge in [0.15, 0.2) is 0 Å². The molecule has 2 nitrogen and oxygen atoms in total. The standard InChI is InChI=1S/C20H21F3O2/c21-20(22,23)15-9-3-8-14-19(18(24)25,16-10-4-1-5-11-16)17-12-6-2-7-13-17/h1-2,4-7,10-13H,3,8-9,14-15H2,(H,24,25). The lowest BCUT2D eigenvalue weighted by molar-refractivity contribution is -0.143. The van der Waals surface area contributed by atoms with E-state index in [1.165, 1.54) is 0 Å². The summed E-state index contributed by atoms with van der Waals surface area (Å²) in [7, 11) is 0. The molecule has 0 bridgehead atoms. The van der Waals surface area contributed by atoms with Crippen LogP contribution in [0.4, 0.5) is 13.2 Å². The van der Waals surface area contributed by atoms with Gasteiger partial charge in [0.1, 0.15) is 5.41 Å². The zero-order chi connectivity index (χ0) is 18.3. The van der Waals surface area contributed by atoms with Gasteiger partial charge in [-0.2, -0.15) is 13.2 Å². The minimum atomic E-state index is -4.16. The summed E-state index contributed by atoms with van der Waals surface area (Å²) < 4.78 is 36.8. The minimum Gasteiger partial charge on any atom is -0.480 e. The van der Waals surface area contributed by atoms with Crippen molar-refractivity contribution in [1.29, 1.82) is 0 Å². The molecule has 0 radical (unpaired) electrons. The van der Waals surface area contributed by atoms with Crippen LogP contribution in [0, 0.1) is 0 Å². The van der Waals surface area contributed by atoms with Crippen molar-refractivity contribution in [2.24, 2.45) is 0 Å². The Labute approximate surface area is 145 Å². The molecule has 25 heavy (non-hydrogen) atoms. The number of carboxylic acid groups (broad SMARTS) is 1. The maximum atomic E-state index is 12.3. The highest BCUT2D eigenvalue weighted by atomic mass is 19.4. The quantitative estimate of drug-likeness (QED) is 0.632. The first kappa shape index (κ1) is 19.0. The molecule has 0 saturated heterocycles. The molecule has 2 rings (SSSR count). The highest BCUT2D eigenvalue weighted by Gasteiger charge is 2.41. The van der Waals surface area contributed by atoms with Gasteiger partial charge in [-0.3, -0.25) is 4.79 Å². The molecule has 0 amide bonds. The second-order valence-electron chi connectivity index (χ2n) is 6.12. The van der Waals surface area contributed by atoms with E-state index in [2.05, 4.69) is 0 Å². The van der Waals surface area contributed by atoms with Gasteiger partial charge >= 0.3 is 12.1 Å². The minimum absolute atomic E-state index is 0.0166. The van der Waals surface area contributed by atoms with Crippen molar-refractivity contribution in [3.05, 3.63) is 71.8 Å². The maximum Gasteiger partial charge on any atom is 0.389 e. The lowest BCUT2D eigenvalue weighted by Gasteiger charge is -2.31. The van der Waals surface area contributed by atoms with Gasteiger partial charge in [-0.25, -0.2) is 0 Å². The predicted octanol–water partition coefficient (Wildman–Crippen LogP) is 5.57. The first-order valence-corrected chi connectivity index (χ1v) is 8.27. The average molecular weight is 350 g/mol. The Hall–Kier alpha value is -2.30. The number of aliphatic carboxylic acids is 1. The Kier molecular flexibility index (Phi) is 6.23. The van der Waals surface area contributed by atoms with Gasteiger partial charge in [0.25, 0.3) is 0 Å². The molecule has 0 unspecified atom stereocenters. The van der Waals surface area contributed by atoms with Crippen molar-refractivity contribution >= 4 is 5.97 Å². The average Bonchev–Trinajstić information content (AvgIpc) is 2.58. The molecule has 0 heterocycles. The van der Waals surface area contributed by atoms with Gasteiger partial charge in [0.2, 0.25) is 0 Å². The van der Waals surface area contributed by atoms with E-state index >= 15 is 0 Å². The fourth-order valence-electron chi connectivity index (χ4n) is 3.15. The molecule has 0 saturated carbocycles. The van der Waals surface area contributed by atoms with Crippen LogP contribution < -0.4 is 0 Å². The van der Waals surface area contributed by atoms with Crippen LogP contribution in [0.3, 0.4) is 0 Å². The molecule has 134 valence electrons. The topological polar surface area (TPSA) is 37.3 Å². The number of alkyl halides is 3. The summed E-state index contributed by atoms with van der Waals surface area (Å²) in [5, 5.41) is 10.0. The van der Waals surface area contributed by atoms with Gasteiger partial charge in [0.05, 0.1) is 0 Å². The smallest absolute Gasteiger partial charge is 0.389 e. The summed E-state index contributed by atoms with van der Waals surface area (Å²) in [4.78, 5) is 12.3. The van der Waals surface area contributed by atoms with Crippen molar-refractivity contribution in [2.75, 3.05) is 0 Å². The van der Waals surface area contributed by atoms with E-state index in [4.69, 9.17) is 0 Å². The van der Waals surface area contributed by atoms with Crippen LogP contribution in [0.5, 0.6) is 0 Å². The highest BCUT2D eigenvalue weighted by Crippen LogP contribution is 2.38. The highest BCUT2D eigenvalue weighted by molar-refractivity contribution is 5.86. The number of hydrogen-bond donors (Lipinski definition) is 1. The lowest BCUT2D eigenvalue weighted by Crippen LogP contribution is -2.37. The van der Waals surface area contributed by atoms with E-state index in [1.54, 1.807) is 48.5 Å². The predicted molar refractivity (Wildman–Crippen MR) is 90.4 cm³/mol. The van der Waals surface area contributed by atoms with Gasteiger partial charge in [-0.05, 0) is 24.0 Å². The summed E-state index contributed by atoms with van der Waals surface area (Å²) in [6.45, 7) is 0. The van der Waals surface area contributed by atoms with E-state index in [0.717, 1.165) is 0 Å². The SMILES string of the molecule is O=C(O)C(CCCCCC(F)(F)F)(c1ccccc1)c1ccccc1. The molecular formula is C20H21F3O2. The third-order valence-corrected chi connectivity index (χ3v) is 4.41. The number of unbranched alkanes of at least 4 members (excludes halogenated alkanes) is 2. The number of hydrogen-bond acceptors (Lipinski definition) is 1. The van der Waals surface area contributed by atoms with Crippen molar-refractivity contribution < 1.29 is 23.1 Å². The van der Waals surface area contributed by atoms with E-state index in [-0.39, 0.29) is 12.8 Å². The second kappa shape index (κ2) is 8.19. The normalized spacial score (nSPS) is 12.1. The van der Waals surface area contributed by atoms with Crippen LogP contribution in [0.1, 0.15) is 43.2 Å². The summed E-state index contributed by atoms with van der Waals surface area (Å²) in [6, 6.07) is 17.8.